The number of nitrogens with one attached hydrogen (secondary N) is 4. The number of aliphatic hydroxyl groups excluding tert-OH is 4. The topological polar surface area (TPSA) is 215 Å². The van der Waals surface area contributed by atoms with Crippen LogP contribution in [0.2, 0.25) is 0 Å². The van der Waals surface area contributed by atoms with Gasteiger partial charge < -0.3 is 46.1 Å². The van der Waals surface area contributed by atoms with E-state index < -0.39 is 61.7 Å². The van der Waals surface area contributed by atoms with Gasteiger partial charge in [0.05, 0.1) is 25.5 Å². The molecular formula is C27H41N7O7. The van der Waals surface area contributed by atoms with Crippen molar-refractivity contribution in [2.45, 2.75) is 101 Å². The Morgan fingerprint density at radius 1 is 1.07 bits per heavy atom. The van der Waals surface area contributed by atoms with Crippen LogP contribution in [0.15, 0.2) is 12.7 Å². The lowest BCUT2D eigenvalue weighted by Gasteiger charge is -2.44. The maximum Gasteiger partial charge on any atom is 0.296 e. The zero-order valence-electron chi connectivity index (χ0n) is 23.3. The Bertz CT molecular complexity index is 1170. The first-order valence-electron chi connectivity index (χ1n) is 14.1. The third kappa shape index (κ3) is 9.61. The molecule has 226 valence electrons. The highest BCUT2D eigenvalue weighted by Crippen LogP contribution is 2.26. The summed E-state index contributed by atoms with van der Waals surface area (Å²) in [4.78, 5) is 39.5. The number of hydrogen-bond acceptors (Lipinski definition) is 11. The summed E-state index contributed by atoms with van der Waals surface area (Å²) in [6.45, 7) is 1.00. The van der Waals surface area contributed by atoms with Gasteiger partial charge in [0.1, 0.15) is 36.3 Å². The molecule has 0 spiro atoms. The van der Waals surface area contributed by atoms with Gasteiger partial charge in [-0.1, -0.05) is 57.8 Å². The molecule has 1 aliphatic heterocycles. The molecular weight excluding hydrogens is 534 g/mol. The van der Waals surface area contributed by atoms with E-state index in [4.69, 9.17) is 4.74 Å². The minimum absolute atomic E-state index is 0.217. The quantitative estimate of drug-likeness (QED) is 0.102. The Morgan fingerprint density at radius 2 is 1.80 bits per heavy atom. The van der Waals surface area contributed by atoms with E-state index in [2.05, 4.69) is 54.7 Å². The lowest BCUT2D eigenvalue weighted by atomic mass is 9.92. The van der Waals surface area contributed by atoms with E-state index >= 15 is 0 Å². The molecule has 41 heavy (non-hydrogen) atoms. The first-order valence-corrected chi connectivity index (χ1v) is 14.1. The fourth-order valence-electron chi connectivity index (χ4n) is 4.58. The van der Waals surface area contributed by atoms with Crippen LogP contribution in [0.1, 0.15) is 64.7 Å². The second-order valence-electron chi connectivity index (χ2n) is 10.0. The van der Waals surface area contributed by atoms with Crippen LogP contribution in [0, 0.1) is 11.8 Å². The van der Waals surface area contributed by atoms with Crippen molar-refractivity contribution < 1.29 is 34.8 Å². The Labute approximate surface area is 238 Å². The molecule has 2 amide bonds. The van der Waals surface area contributed by atoms with Crippen LogP contribution in [-0.4, -0.2) is 102 Å². The summed E-state index contributed by atoms with van der Waals surface area (Å²) < 4.78 is 5.76. The van der Waals surface area contributed by atoms with Crippen molar-refractivity contribution in [3.05, 3.63) is 12.7 Å². The molecule has 3 heterocycles. The van der Waals surface area contributed by atoms with Gasteiger partial charge in [0.2, 0.25) is 5.91 Å². The summed E-state index contributed by atoms with van der Waals surface area (Å²) in [7, 11) is 0. The SMILES string of the molecule is CCCCCCCCCCC#CC(=O)NCC(=O)N[C@@H]1[C@@H](O)[C@@H](O)[C@@H](Nc2ncnc3nc[nH]c23)O[C@H]1[C@@H](O)CO. The van der Waals surface area contributed by atoms with Gasteiger partial charge in [-0.25, -0.2) is 15.0 Å². The lowest BCUT2D eigenvalue weighted by Crippen LogP contribution is -2.68. The molecule has 8 N–H and O–H groups in total. The molecule has 0 aliphatic carbocycles. The van der Waals surface area contributed by atoms with Gasteiger partial charge >= 0.3 is 0 Å². The number of unbranched alkanes of at least 4 members (excludes halogenated alkanes) is 8. The number of ether oxygens (including phenoxy) is 1. The number of hydrogen-bond donors (Lipinski definition) is 8. The molecule has 1 aliphatic rings. The molecule has 3 rings (SSSR count). The van der Waals surface area contributed by atoms with Crippen LogP contribution >= 0.6 is 0 Å². The molecule has 1 saturated heterocycles. The first kappa shape index (κ1) is 32.2. The number of carbonyl (C=O) groups is 2. The number of nitrogens with zero attached hydrogens (tertiary/aromatic N) is 3. The molecule has 0 unspecified atom stereocenters. The first-order chi connectivity index (χ1) is 19.8. The summed E-state index contributed by atoms with van der Waals surface area (Å²) in [5.74, 6) is 4.16. The summed E-state index contributed by atoms with van der Waals surface area (Å²) in [6, 6.07) is -1.31. The van der Waals surface area contributed by atoms with Gasteiger partial charge in [-0.05, 0) is 12.3 Å². The largest absolute Gasteiger partial charge is 0.394 e. The number of rotatable bonds is 15. The minimum atomic E-state index is -1.61. The van der Waals surface area contributed by atoms with Crippen molar-refractivity contribution in [2.75, 3.05) is 18.5 Å². The Hall–Kier alpha value is -3.35. The fraction of sp³-hybridized carbons (Fsp3) is 0.667. The number of aromatic amines is 1. The smallest absolute Gasteiger partial charge is 0.296 e. The van der Waals surface area contributed by atoms with Crippen molar-refractivity contribution in [1.82, 2.24) is 30.6 Å². The second kappa shape index (κ2) is 16.8. The van der Waals surface area contributed by atoms with E-state index in [1.165, 1.54) is 44.8 Å². The third-order valence-corrected chi connectivity index (χ3v) is 6.85. The predicted molar refractivity (Wildman–Crippen MR) is 149 cm³/mol. The maximum absolute atomic E-state index is 12.5. The molecule has 14 heteroatoms. The van der Waals surface area contributed by atoms with Gasteiger partial charge in [-0.2, -0.15) is 0 Å². The summed E-state index contributed by atoms with van der Waals surface area (Å²) in [5, 5.41) is 49.1. The zero-order valence-corrected chi connectivity index (χ0v) is 23.3. The molecule has 6 atom stereocenters. The molecule has 2 aromatic heterocycles. The van der Waals surface area contributed by atoms with Crippen LogP contribution in [0.25, 0.3) is 11.2 Å². The number of carbonyl (C=O) groups excluding carboxylic acids is 2. The van der Waals surface area contributed by atoms with Crippen molar-refractivity contribution in [3.8, 4) is 11.8 Å². The van der Waals surface area contributed by atoms with Crippen LogP contribution in [0.4, 0.5) is 5.82 Å². The van der Waals surface area contributed by atoms with Crippen molar-refractivity contribution in [2.24, 2.45) is 0 Å². The zero-order chi connectivity index (χ0) is 29.6. The highest BCUT2D eigenvalue weighted by atomic mass is 16.5. The van der Waals surface area contributed by atoms with Crippen molar-refractivity contribution in [3.63, 3.8) is 0 Å². The summed E-state index contributed by atoms with van der Waals surface area (Å²) >= 11 is 0. The van der Waals surface area contributed by atoms with Crippen molar-refractivity contribution >= 4 is 28.8 Å². The average Bonchev–Trinajstić information content (AvgIpc) is 3.46. The van der Waals surface area contributed by atoms with Crippen LogP contribution in [0.5, 0.6) is 0 Å². The standard InChI is InChI=1S/C27H41N7O7/c1-2-3-4-5-6-7-8-9-10-11-12-18(37)28-13-19(38)33-20-22(39)23(40)27(41-24(20)17(36)14-35)34-26-21-25(30-15-29-21)31-16-32-26/h15-17,20,22-24,27,35-36,39-40H,2-10,13-14H2,1H3,(H,28,37)(H,33,38)(H2,29,30,31,32,34)/t17-,20+,22+,23+,24-,27-/m0/s1. The van der Waals surface area contributed by atoms with Crippen molar-refractivity contribution in [1.29, 1.82) is 0 Å². The minimum Gasteiger partial charge on any atom is -0.394 e. The van der Waals surface area contributed by atoms with Gasteiger partial charge in [0, 0.05) is 6.42 Å². The Morgan fingerprint density at radius 3 is 2.54 bits per heavy atom. The van der Waals surface area contributed by atoms with E-state index in [1.807, 2.05) is 0 Å². The van der Waals surface area contributed by atoms with Gasteiger partial charge in [-0.15, -0.1) is 0 Å². The highest BCUT2D eigenvalue weighted by molar-refractivity contribution is 5.95. The van der Waals surface area contributed by atoms with Gasteiger partial charge in [0.15, 0.2) is 17.7 Å². The number of anilines is 1. The lowest BCUT2D eigenvalue weighted by molar-refractivity contribution is -0.204. The van der Waals surface area contributed by atoms with E-state index in [1.54, 1.807) is 0 Å². The van der Waals surface area contributed by atoms with Crippen LogP contribution in [0.3, 0.4) is 0 Å². The summed E-state index contributed by atoms with van der Waals surface area (Å²) in [6.07, 6.45) is 5.32. The molecule has 0 saturated carbocycles. The average molecular weight is 576 g/mol. The maximum atomic E-state index is 12.5. The predicted octanol–water partition coefficient (Wildman–Crippen LogP) is -0.300. The second-order valence-corrected chi connectivity index (χ2v) is 10.0. The van der Waals surface area contributed by atoms with Crippen LogP contribution in [-0.2, 0) is 14.3 Å². The number of H-pyrrole nitrogens is 1. The normalized spacial score (nSPS) is 22.9. The molecule has 1 fully saturated rings. The summed E-state index contributed by atoms with van der Waals surface area (Å²) in [5.41, 5.74) is 0.773. The Balaban J connectivity index is 1.47. The molecule has 2 aromatic rings. The fourth-order valence-corrected chi connectivity index (χ4v) is 4.58. The molecule has 0 radical (unpaired) electrons. The number of amides is 2. The third-order valence-electron chi connectivity index (χ3n) is 6.85. The highest BCUT2D eigenvalue weighted by Gasteiger charge is 2.48. The number of aliphatic hydroxyl groups is 4. The van der Waals surface area contributed by atoms with E-state index in [0.717, 1.165) is 19.3 Å². The van der Waals surface area contributed by atoms with E-state index in [-0.39, 0.29) is 5.82 Å². The molecule has 14 nitrogen and oxygen atoms in total. The molecule has 0 aromatic carbocycles. The van der Waals surface area contributed by atoms with Gasteiger partial charge in [-0.3, -0.25) is 9.59 Å². The van der Waals surface area contributed by atoms with E-state index in [9.17, 15) is 30.0 Å². The number of imidazole rings is 1. The number of aromatic nitrogens is 4. The van der Waals surface area contributed by atoms with Gasteiger partial charge in [0.25, 0.3) is 5.91 Å². The Kier molecular flexibility index (Phi) is 13.2. The number of fused-ring (bicyclic) bond motifs is 1. The monoisotopic (exact) mass is 575 g/mol. The molecule has 0 bridgehead atoms. The van der Waals surface area contributed by atoms with E-state index in [0.29, 0.717) is 17.6 Å². The van der Waals surface area contributed by atoms with Crippen LogP contribution < -0.4 is 16.0 Å².